The molecule has 2 aromatic heterocycles. The maximum Gasteiger partial charge on any atom is 0.432 e. The number of nitrogens with one attached hydrogen (secondary N) is 1. The molecule has 0 radical (unpaired) electrons. The summed E-state index contributed by atoms with van der Waals surface area (Å²) in [4.78, 5) is 29.4. The van der Waals surface area contributed by atoms with Gasteiger partial charge in [0.2, 0.25) is 0 Å². The number of alkyl halides is 4. The molecule has 0 saturated heterocycles. The lowest BCUT2D eigenvalue weighted by molar-refractivity contribution is -0.141. The number of amides is 1. The number of H-pyrrole nitrogens is 1. The molecule has 0 unspecified atom stereocenters. The Morgan fingerprint density at radius 1 is 1.28 bits per heavy atom. The summed E-state index contributed by atoms with van der Waals surface area (Å²) in [6.07, 6.45) is -4.94. The summed E-state index contributed by atoms with van der Waals surface area (Å²) < 4.78 is 57.1. The number of aromatic amines is 1. The maximum atomic E-state index is 13.8. The number of aromatic nitrogens is 1. The molecule has 36 heavy (non-hydrogen) atoms. The van der Waals surface area contributed by atoms with E-state index in [2.05, 4.69) is 9.72 Å². The first-order chi connectivity index (χ1) is 17.1. The number of anilines is 1. The number of carbonyl (C=O) groups excluding carboxylic acids is 2. The number of hydrogen-bond acceptors (Lipinski definition) is 6. The van der Waals surface area contributed by atoms with E-state index in [4.69, 9.17) is 20.8 Å². The molecule has 1 amide bonds. The van der Waals surface area contributed by atoms with Crippen LogP contribution in [0, 0.1) is 0 Å². The van der Waals surface area contributed by atoms with E-state index in [9.17, 15) is 27.9 Å². The number of fused-ring (bicyclic) bond motifs is 4. The van der Waals surface area contributed by atoms with Crippen molar-refractivity contribution in [3.8, 4) is 11.5 Å². The van der Waals surface area contributed by atoms with Crippen LogP contribution < -0.4 is 9.64 Å². The molecular formula is C24H18ClF3N2O6. The third-order valence-corrected chi connectivity index (χ3v) is 6.61. The van der Waals surface area contributed by atoms with Gasteiger partial charge in [-0.3, -0.25) is 4.79 Å². The first-order valence-corrected chi connectivity index (χ1v) is 11.2. The van der Waals surface area contributed by atoms with E-state index in [1.807, 2.05) is 0 Å². The van der Waals surface area contributed by atoms with Crippen molar-refractivity contribution >= 4 is 51.0 Å². The van der Waals surface area contributed by atoms with Crippen molar-refractivity contribution in [1.82, 2.24) is 4.98 Å². The van der Waals surface area contributed by atoms with Crippen molar-refractivity contribution in [1.29, 1.82) is 0 Å². The number of nitrogens with zero attached hydrogens (tertiary/aromatic N) is 1. The van der Waals surface area contributed by atoms with Gasteiger partial charge < -0.3 is 28.9 Å². The Morgan fingerprint density at radius 3 is 2.67 bits per heavy atom. The SMILES string of the molecule is COC(=O)c1c(C(F)(F)F)[nH]c2c(O)cc3c(c12)[C@H](CCl)CN3C(=O)c1cc2c(OC)cccc2o1. The van der Waals surface area contributed by atoms with Crippen LogP contribution in [-0.2, 0) is 10.9 Å². The second-order valence-corrected chi connectivity index (χ2v) is 8.50. The summed E-state index contributed by atoms with van der Waals surface area (Å²) in [6.45, 7) is -0.0163. The summed E-state index contributed by atoms with van der Waals surface area (Å²) in [5.74, 6) is -2.71. The van der Waals surface area contributed by atoms with Crippen LogP contribution in [0.3, 0.4) is 0 Å². The quantitative estimate of drug-likeness (QED) is 0.274. The average Bonchev–Trinajstić information content (AvgIpc) is 3.55. The summed E-state index contributed by atoms with van der Waals surface area (Å²) in [5, 5.41) is 11.0. The number of phenols is 1. The number of hydrogen-bond donors (Lipinski definition) is 2. The molecule has 1 aliphatic heterocycles. The van der Waals surface area contributed by atoms with Crippen molar-refractivity contribution in [3.05, 3.63) is 52.9 Å². The van der Waals surface area contributed by atoms with Crippen LogP contribution in [0.2, 0.25) is 0 Å². The van der Waals surface area contributed by atoms with Crippen LogP contribution in [0.15, 0.2) is 34.7 Å². The largest absolute Gasteiger partial charge is 0.506 e. The monoisotopic (exact) mass is 522 g/mol. The second-order valence-electron chi connectivity index (χ2n) is 8.19. The fraction of sp³-hybridized carbons (Fsp3) is 0.250. The summed E-state index contributed by atoms with van der Waals surface area (Å²) in [5.41, 5.74) is -1.73. The van der Waals surface area contributed by atoms with E-state index < -0.39 is 41.0 Å². The van der Waals surface area contributed by atoms with Gasteiger partial charge in [0.1, 0.15) is 22.8 Å². The summed E-state index contributed by atoms with van der Waals surface area (Å²) >= 11 is 6.17. The highest BCUT2D eigenvalue weighted by atomic mass is 35.5. The minimum atomic E-state index is -4.94. The van der Waals surface area contributed by atoms with E-state index in [-0.39, 0.29) is 40.3 Å². The van der Waals surface area contributed by atoms with Crippen LogP contribution in [-0.4, -0.2) is 48.6 Å². The molecule has 8 nitrogen and oxygen atoms in total. The second kappa shape index (κ2) is 8.37. The van der Waals surface area contributed by atoms with Crippen molar-refractivity contribution in [2.24, 2.45) is 0 Å². The number of furan rings is 1. The molecule has 1 atom stereocenters. The Balaban J connectivity index is 1.73. The van der Waals surface area contributed by atoms with Gasteiger partial charge in [0.25, 0.3) is 5.91 Å². The smallest absolute Gasteiger partial charge is 0.432 e. The molecule has 12 heteroatoms. The number of benzene rings is 2. The van der Waals surface area contributed by atoms with Crippen molar-refractivity contribution in [2.45, 2.75) is 12.1 Å². The van der Waals surface area contributed by atoms with Gasteiger partial charge in [-0.25, -0.2) is 4.79 Å². The Labute approximate surface area is 206 Å². The van der Waals surface area contributed by atoms with Crippen molar-refractivity contribution in [2.75, 3.05) is 31.5 Å². The molecule has 5 rings (SSSR count). The zero-order chi connectivity index (χ0) is 25.9. The van der Waals surface area contributed by atoms with Crippen LogP contribution in [0.1, 0.15) is 38.1 Å². The number of esters is 1. The van der Waals surface area contributed by atoms with Gasteiger partial charge in [-0.1, -0.05) is 6.07 Å². The fourth-order valence-electron chi connectivity index (χ4n) is 4.70. The van der Waals surface area contributed by atoms with Crippen LogP contribution in [0.4, 0.5) is 18.9 Å². The van der Waals surface area contributed by atoms with Crippen molar-refractivity contribution in [3.63, 3.8) is 0 Å². The highest BCUT2D eigenvalue weighted by Gasteiger charge is 2.43. The molecule has 3 heterocycles. The van der Waals surface area contributed by atoms with Crippen LogP contribution >= 0.6 is 11.6 Å². The first-order valence-electron chi connectivity index (χ1n) is 10.6. The van der Waals surface area contributed by atoms with E-state index in [0.29, 0.717) is 16.7 Å². The molecule has 188 valence electrons. The highest BCUT2D eigenvalue weighted by molar-refractivity contribution is 6.20. The zero-order valence-corrected chi connectivity index (χ0v) is 19.6. The molecule has 0 spiro atoms. The summed E-state index contributed by atoms with van der Waals surface area (Å²) in [7, 11) is 2.43. The molecule has 4 aromatic rings. The minimum Gasteiger partial charge on any atom is -0.506 e. The van der Waals surface area contributed by atoms with E-state index in [0.717, 1.165) is 7.11 Å². The lowest BCUT2D eigenvalue weighted by atomic mass is 9.95. The number of phenolic OH excluding ortho intramolecular Hbond substituents is 1. The van der Waals surface area contributed by atoms with Crippen molar-refractivity contribution < 1.29 is 41.8 Å². The highest BCUT2D eigenvalue weighted by Crippen LogP contribution is 2.49. The standard InChI is InChI=1S/C24H18ClF3N2O6/c1-34-14-4-3-5-15-11(14)6-16(36-15)22(32)30-9-10(8-25)17-12(30)7-13(31)20-18(17)19(23(33)35-2)21(29-20)24(26,27)28/h3-7,10,29,31H,8-9H2,1-2H3/t10-/m1/s1. The van der Waals surface area contributed by atoms with Gasteiger partial charge in [-0.2, -0.15) is 13.2 Å². The molecular weight excluding hydrogens is 505 g/mol. The van der Waals surface area contributed by atoms with Crippen LogP contribution in [0.25, 0.3) is 21.9 Å². The Kier molecular flexibility index (Phi) is 5.55. The van der Waals surface area contributed by atoms with E-state index >= 15 is 0 Å². The molecule has 0 bridgehead atoms. The van der Waals surface area contributed by atoms with E-state index in [1.54, 1.807) is 18.2 Å². The third kappa shape index (κ3) is 3.45. The molecule has 0 fully saturated rings. The maximum absolute atomic E-state index is 13.8. The lowest BCUT2D eigenvalue weighted by Gasteiger charge is -2.16. The molecule has 0 aliphatic carbocycles. The van der Waals surface area contributed by atoms with Gasteiger partial charge in [-0.15, -0.1) is 11.6 Å². The normalized spacial score (nSPS) is 15.5. The Hall–Kier alpha value is -3.86. The molecule has 2 N–H and O–H groups in total. The lowest BCUT2D eigenvalue weighted by Crippen LogP contribution is -2.29. The zero-order valence-electron chi connectivity index (χ0n) is 18.8. The predicted octanol–water partition coefficient (Wildman–Crippen LogP) is 5.42. The number of methoxy groups -OCH3 is 2. The topological polar surface area (TPSA) is 105 Å². The number of halogens is 4. The van der Waals surface area contributed by atoms with Gasteiger partial charge in [0.15, 0.2) is 5.76 Å². The van der Waals surface area contributed by atoms with Gasteiger partial charge in [0.05, 0.1) is 36.4 Å². The van der Waals surface area contributed by atoms with Gasteiger partial charge >= 0.3 is 12.1 Å². The number of aromatic hydroxyl groups is 1. The number of rotatable bonds is 4. The molecule has 2 aromatic carbocycles. The minimum absolute atomic E-state index is 0.0163. The van der Waals surface area contributed by atoms with E-state index in [1.165, 1.54) is 24.1 Å². The first kappa shape index (κ1) is 23.9. The third-order valence-electron chi connectivity index (χ3n) is 6.23. The van der Waals surface area contributed by atoms with Gasteiger partial charge in [-0.05, 0) is 17.7 Å². The number of carbonyl (C=O) groups is 2. The Bertz CT molecular complexity index is 1540. The van der Waals surface area contributed by atoms with Gasteiger partial charge in [0, 0.05) is 35.9 Å². The fourth-order valence-corrected chi connectivity index (χ4v) is 4.96. The molecule has 0 saturated carbocycles. The molecule has 1 aliphatic rings. The predicted molar refractivity (Wildman–Crippen MR) is 124 cm³/mol. The average molecular weight is 523 g/mol. The summed E-state index contributed by atoms with van der Waals surface area (Å²) in [6, 6.07) is 7.73. The number of ether oxygens (including phenoxy) is 2. The van der Waals surface area contributed by atoms with Crippen LogP contribution in [0.5, 0.6) is 11.5 Å². The Morgan fingerprint density at radius 2 is 2.03 bits per heavy atom.